The van der Waals surface area contributed by atoms with Crippen molar-refractivity contribution in [2.24, 2.45) is 0 Å². The zero-order valence-corrected chi connectivity index (χ0v) is 6.11. The van der Waals surface area contributed by atoms with Gasteiger partial charge >= 0.3 is 0 Å². The van der Waals surface area contributed by atoms with Crippen molar-refractivity contribution in [3.63, 3.8) is 0 Å². The number of aromatic amines is 1. The van der Waals surface area contributed by atoms with Gasteiger partial charge in [0.15, 0.2) is 0 Å². The van der Waals surface area contributed by atoms with Crippen LogP contribution in [0.15, 0.2) is 18.5 Å². The number of aryl methyl sites for hydroxylation is 1. The molecule has 1 aromatic rings. The smallest absolute Gasteiger partial charge is 0.00723 e. The molecule has 0 atom stereocenters. The van der Waals surface area contributed by atoms with Crippen LogP contribution in [0.1, 0.15) is 5.56 Å². The highest BCUT2D eigenvalue weighted by Gasteiger charge is 1.86. The first-order valence-electron chi connectivity index (χ1n) is 2.61. The van der Waals surface area contributed by atoms with E-state index in [1.165, 1.54) is 5.56 Å². The monoisotopic (exact) mass is 173 g/mol. The van der Waals surface area contributed by atoms with E-state index in [9.17, 15) is 0 Å². The summed E-state index contributed by atoms with van der Waals surface area (Å²) in [6.07, 6.45) is 5.07. The third-order valence-corrected chi connectivity index (χ3v) is 1.44. The Morgan fingerprint density at radius 2 is 2.50 bits per heavy atom. The molecule has 0 aromatic carbocycles. The van der Waals surface area contributed by atoms with E-state index in [1.54, 1.807) is 0 Å². The Morgan fingerprint density at radius 1 is 1.62 bits per heavy atom. The number of nitrogens with one attached hydrogen (secondary N) is 1. The quantitative estimate of drug-likeness (QED) is 0.659. The van der Waals surface area contributed by atoms with Crippen LogP contribution in [0.2, 0.25) is 0 Å². The van der Waals surface area contributed by atoms with Crippen LogP contribution in [-0.4, -0.2) is 10.3 Å². The van der Waals surface area contributed by atoms with Crippen LogP contribution in [0.5, 0.6) is 0 Å². The number of halogens is 1. The second-order valence-corrected chi connectivity index (χ2v) is 2.45. The van der Waals surface area contributed by atoms with Crippen LogP contribution in [0.25, 0.3) is 0 Å². The number of hydrogen-bond acceptors (Lipinski definition) is 0. The van der Waals surface area contributed by atoms with Gasteiger partial charge in [-0.1, -0.05) is 15.9 Å². The van der Waals surface area contributed by atoms with E-state index in [0.29, 0.717) is 0 Å². The molecular weight excluding hydrogens is 166 g/mol. The summed E-state index contributed by atoms with van der Waals surface area (Å²) >= 11 is 3.36. The fraction of sp³-hybridized carbons (Fsp3) is 0.333. The second kappa shape index (κ2) is 2.92. The summed E-state index contributed by atoms with van der Waals surface area (Å²) in [5, 5.41) is 1.05. The van der Waals surface area contributed by atoms with Gasteiger partial charge < -0.3 is 4.98 Å². The maximum Gasteiger partial charge on any atom is 0.00723 e. The molecule has 0 unspecified atom stereocenters. The molecule has 44 valence electrons. The minimum absolute atomic E-state index is 1.05. The maximum absolute atomic E-state index is 3.36. The van der Waals surface area contributed by atoms with Crippen LogP contribution in [0.4, 0.5) is 0 Å². The fourth-order valence-electron chi connectivity index (χ4n) is 0.623. The zero-order chi connectivity index (χ0) is 5.82. The molecule has 0 aliphatic rings. The van der Waals surface area contributed by atoms with Gasteiger partial charge in [-0.25, -0.2) is 0 Å². The van der Waals surface area contributed by atoms with Gasteiger partial charge in [-0.15, -0.1) is 0 Å². The van der Waals surface area contributed by atoms with Crippen molar-refractivity contribution in [1.29, 1.82) is 0 Å². The number of alkyl halides is 1. The Kier molecular flexibility index (Phi) is 2.15. The van der Waals surface area contributed by atoms with Crippen molar-refractivity contribution in [3.05, 3.63) is 24.0 Å². The average molecular weight is 174 g/mol. The summed E-state index contributed by atoms with van der Waals surface area (Å²) < 4.78 is 0. The molecule has 0 saturated heterocycles. The molecule has 1 rings (SSSR count). The van der Waals surface area contributed by atoms with Crippen molar-refractivity contribution in [2.75, 3.05) is 5.33 Å². The molecule has 0 bridgehead atoms. The second-order valence-electron chi connectivity index (χ2n) is 1.66. The predicted molar refractivity (Wildman–Crippen MR) is 38.3 cm³/mol. The third-order valence-electron chi connectivity index (χ3n) is 1.05. The van der Waals surface area contributed by atoms with Gasteiger partial charge in [0.2, 0.25) is 0 Å². The van der Waals surface area contributed by atoms with Gasteiger partial charge in [0.25, 0.3) is 0 Å². The summed E-state index contributed by atoms with van der Waals surface area (Å²) in [6.45, 7) is 0. The Bertz CT molecular complexity index is 134. The highest BCUT2D eigenvalue weighted by Crippen LogP contribution is 1.98. The van der Waals surface area contributed by atoms with E-state index in [-0.39, 0.29) is 0 Å². The van der Waals surface area contributed by atoms with E-state index in [0.717, 1.165) is 11.8 Å². The molecule has 8 heavy (non-hydrogen) atoms. The first kappa shape index (κ1) is 5.89. The molecule has 0 spiro atoms. The first-order chi connectivity index (χ1) is 3.93. The first-order valence-corrected chi connectivity index (χ1v) is 3.73. The van der Waals surface area contributed by atoms with Crippen LogP contribution >= 0.6 is 15.9 Å². The maximum atomic E-state index is 3.36. The highest BCUT2D eigenvalue weighted by molar-refractivity contribution is 9.09. The lowest BCUT2D eigenvalue weighted by molar-refractivity contribution is 1.17. The standard InChI is InChI=1S/C6H8BrN/c7-3-1-6-2-4-8-5-6/h2,4-5,8H,1,3H2. The number of rotatable bonds is 2. The molecule has 0 radical (unpaired) electrons. The Morgan fingerprint density at radius 3 is 3.00 bits per heavy atom. The zero-order valence-electron chi connectivity index (χ0n) is 4.52. The molecule has 0 fully saturated rings. The molecular formula is C6H8BrN. The fourth-order valence-corrected chi connectivity index (χ4v) is 1.08. The summed E-state index contributed by atoms with van der Waals surface area (Å²) in [5.74, 6) is 0. The van der Waals surface area contributed by atoms with Crippen LogP contribution in [0.3, 0.4) is 0 Å². The normalized spacial score (nSPS) is 9.62. The van der Waals surface area contributed by atoms with Crippen molar-refractivity contribution < 1.29 is 0 Å². The van der Waals surface area contributed by atoms with E-state index in [4.69, 9.17) is 0 Å². The minimum atomic E-state index is 1.05. The van der Waals surface area contributed by atoms with E-state index >= 15 is 0 Å². The van der Waals surface area contributed by atoms with Gasteiger partial charge in [-0.3, -0.25) is 0 Å². The Labute approximate surface area is 57.2 Å². The van der Waals surface area contributed by atoms with E-state index in [1.807, 2.05) is 12.4 Å². The Balaban J connectivity index is 2.50. The lowest BCUT2D eigenvalue weighted by Gasteiger charge is -1.84. The number of aromatic nitrogens is 1. The van der Waals surface area contributed by atoms with E-state index < -0.39 is 0 Å². The molecule has 1 nitrogen and oxygen atoms in total. The topological polar surface area (TPSA) is 15.8 Å². The Hall–Kier alpha value is -0.240. The lowest BCUT2D eigenvalue weighted by Crippen LogP contribution is -1.78. The minimum Gasteiger partial charge on any atom is -0.367 e. The van der Waals surface area contributed by atoms with Gasteiger partial charge in [0, 0.05) is 17.7 Å². The van der Waals surface area contributed by atoms with E-state index in [2.05, 4.69) is 27.0 Å². The third kappa shape index (κ3) is 1.37. The lowest BCUT2D eigenvalue weighted by atomic mass is 10.3. The summed E-state index contributed by atoms with van der Waals surface area (Å²) in [4.78, 5) is 2.99. The van der Waals surface area contributed by atoms with Gasteiger partial charge in [-0.05, 0) is 18.1 Å². The van der Waals surface area contributed by atoms with Crippen molar-refractivity contribution in [1.82, 2.24) is 4.98 Å². The van der Waals surface area contributed by atoms with Crippen LogP contribution in [-0.2, 0) is 6.42 Å². The number of hydrogen-bond donors (Lipinski definition) is 1. The molecule has 0 amide bonds. The predicted octanol–water partition coefficient (Wildman–Crippen LogP) is 1.95. The molecule has 0 aliphatic heterocycles. The summed E-state index contributed by atoms with van der Waals surface area (Å²) in [6, 6.07) is 2.08. The molecule has 0 aliphatic carbocycles. The summed E-state index contributed by atoms with van der Waals surface area (Å²) in [7, 11) is 0. The molecule has 2 heteroatoms. The largest absolute Gasteiger partial charge is 0.367 e. The molecule has 1 aromatic heterocycles. The van der Waals surface area contributed by atoms with Crippen LogP contribution < -0.4 is 0 Å². The SMILES string of the molecule is BrCCc1cc[nH]c1. The highest BCUT2D eigenvalue weighted by atomic mass is 79.9. The van der Waals surface area contributed by atoms with Crippen molar-refractivity contribution in [2.45, 2.75) is 6.42 Å². The van der Waals surface area contributed by atoms with Crippen molar-refractivity contribution >= 4 is 15.9 Å². The molecule has 0 saturated carbocycles. The van der Waals surface area contributed by atoms with Gasteiger partial charge in [-0.2, -0.15) is 0 Å². The number of H-pyrrole nitrogens is 1. The molecule has 1 N–H and O–H groups in total. The van der Waals surface area contributed by atoms with Crippen molar-refractivity contribution in [3.8, 4) is 0 Å². The average Bonchev–Trinajstić information content (AvgIpc) is 2.19. The van der Waals surface area contributed by atoms with Crippen LogP contribution in [0, 0.1) is 0 Å². The van der Waals surface area contributed by atoms with Gasteiger partial charge in [0.05, 0.1) is 0 Å². The van der Waals surface area contributed by atoms with Gasteiger partial charge in [0.1, 0.15) is 0 Å². The summed E-state index contributed by atoms with van der Waals surface area (Å²) in [5.41, 5.74) is 1.36. The molecule has 1 heterocycles.